The zero-order chi connectivity index (χ0) is 13.8. The first-order valence-corrected chi connectivity index (χ1v) is 8.09. The van der Waals surface area contributed by atoms with Crippen LogP contribution in [-0.2, 0) is 0 Å². The van der Waals surface area contributed by atoms with Crippen molar-refractivity contribution >= 4 is 22.7 Å². The summed E-state index contributed by atoms with van der Waals surface area (Å²) in [5.74, 6) is 0. The van der Waals surface area contributed by atoms with E-state index in [1.165, 1.54) is 35.1 Å². The molecule has 2 heterocycles. The van der Waals surface area contributed by atoms with Crippen LogP contribution in [0.3, 0.4) is 0 Å². The van der Waals surface area contributed by atoms with Gasteiger partial charge in [-0.25, -0.2) is 4.31 Å². The molecule has 3 rings (SSSR count). The second kappa shape index (κ2) is 6.57. The first kappa shape index (κ1) is 13.9. The topological polar surface area (TPSA) is 28.2 Å². The molecule has 4 heteroatoms. The summed E-state index contributed by atoms with van der Waals surface area (Å²) >= 11 is 1.88. The molecule has 1 aliphatic rings. The molecule has 1 atom stereocenters. The van der Waals surface area contributed by atoms with Gasteiger partial charge >= 0.3 is 0 Å². The van der Waals surface area contributed by atoms with Crippen LogP contribution in [0.4, 0.5) is 0 Å². The van der Waals surface area contributed by atoms with Crippen molar-refractivity contribution in [2.45, 2.75) is 30.7 Å². The highest BCUT2D eigenvalue weighted by atomic mass is 32.2. The Morgan fingerprint density at radius 2 is 2.20 bits per heavy atom. The summed E-state index contributed by atoms with van der Waals surface area (Å²) in [5.41, 5.74) is 0. The molecule has 0 saturated carbocycles. The third kappa shape index (κ3) is 3.32. The van der Waals surface area contributed by atoms with Gasteiger partial charge in [0.2, 0.25) is 0 Å². The fraction of sp³-hybridized carbons (Fsp3) is 0.438. The molecule has 0 spiro atoms. The molecular formula is C16H21N3S. The van der Waals surface area contributed by atoms with E-state index in [4.69, 9.17) is 0 Å². The quantitative estimate of drug-likeness (QED) is 0.858. The van der Waals surface area contributed by atoms with Crippen LogP contribution in [-0.4, -0.2) is 35.0 Å². The highest BCUT2D eigenvalue weighted by Crippen LogP contribution is 2.28. The summed E-state index contributed by atoms with van der Waals surface area (Å²) in [6.07, 6.45) is 6.32. The van der Waals surface area contributed by atoms with Gasteiger partial charge in [0, 0.05) is 41.8 Å². The van der Waals surface area contributed by atoms with Crippen molar-refractivity contribution < 1.29 is 0 Å². The summed E-state index contributed by atoms with van der Waals surface area (Å²) in [4.78, 5) is 5.48. The lowest BCUT2D eigenvalue weighted by Crippen LogP contribution is -2.39. The highest BCUT2D eigenvalue weighted by Gasteiger charge is 2.16. The number of aromatic nitrogens is 1. The van der Waals surface area contributed by atoms with Crippen molar-refractivity contribution in [3.05, 3.63) is 36.7 Å². The standard InChI is InChI=1S/C16H21N3S/c1-13-11-17-7-2-3-9-19(13)20-16-5-4-15-12-18-8-6-14(15)10-16/h4-6,8,10,12-13,17H,2-3,7,9,11H2,1H3/t13-/m1/s1. The van der Waals surface area contributed by atoms with Crippen LogP contribution in [0.25, 0.3) is 10.8 Å². The highest BCUT2D eigenvalue weighted by molar-refractivity contribution is 7.97. The number of fused-ring (bicyclic) bond motifs is 1. The predicted octanol–water partition coefficient (Wildman–Crippen LogP) is 3.32. The molecule has 0 amide bonds. The van der Waals surface area contributed by atoms with E-state index in [-0.39, 0.29) is 0 Å². The maximum atomic E-state index is 4.17. The van der Waals surface area contributed by atoms with E-state index >= 15 is 0 Å². The Morgan fingerprint density at radius 1 is 1.25 bits per heavy atom. The van der Waals surface area contributed by atoms with E-state index in [1.807, 2.05) is 24.3 Å². The van der Waals surface area contributed by atoms with Gasteiger partial charge < -0.3 is 5.32 Å². The van der Waals surface area contributed by atoms with Gasteiger partial charge in [0.15, 0.2) is 0 Å². The molecule has 1 saturated heterocycles. The van der Waals surface area contributed by atoms with E-state index in [0.717, 1.165) is 13.1 Å². The molecule has 106 valence electrons. The predicted molar refractivity (Wildman–Crippen MR) is 85.9 cm³/mol. The summed E-state index contributed by atoms with van der Waals surface area (Å²) in [6.45, 7) is 5.70. The van der Waals surface area contributed by atoms with E-state index in [1.54, 1.807) is 0 Å². The first-order valence-electron chi connectivity index (χ1n) is 7.32. The van der Waals surface area contributed by atoms with Gasteiger partial charge in [-0.3, -0.25) is 4.98 Å². The minimum absolute atomic E-state index is 0.563. The molecule has 1 N–H and O–H groups in total. The average Bonchev–Trinajstić information content (AvgIpc) is 2.47. The normalized spacial score (nSPS) is 21.6. The van der Waals surface area contributed by atoms with E-state index in [2.05, 4.69) is 45.8 Å². The van der Waals surface area contributed by atoms with E-state index in [0.29, 0.717) is 6.04 Å². The number of pyridine rings is 1. The van der Waals surface area contributed by atoms with Crippen LogP contribution >= 0.6 is 11.9 Å². The molecule has 1 aromatic heterocycles. The van der Waals surface area contributed by atoms with Gasteiger partial charge in [0.25, 0.3) is 0 Å². The molecule has 1 aliphatic heterocycles. The molecule has 0 unspecified atom stereocenters. The Morgan fingerprint density at radius 3 is 3.15 bits per heavy atom. The van der Waals surface area contributed by atoms with Crippen molar-refractivity contribution in [1.82, 2.24) is 14.6 Å². The Kier molecular flexibility index (Phi) is 4.55. The third-order valence-corrected chi connectivity index (χ3v) is 4.99. The largest absolute Gasteiger partial charge is 0.315 e. The number of benzene rings is 1. The van der Waals surface area contributed by atoms with Crippen LogP contribution in [0.15, 0.2) is 41.6 Å². The molecule has 1 aromatic carbocycles. The van der Waals surface area contributed by atoms with Gasteiger partial charge in [-0.05, 0) is 61.8 Å². The first-order chi connectivity index (χ1) is 9.83. The minimum Gasteiger partial charge on any atom is -0.315 e. The molecule has 0 bridgehead atoms. The summed E-state index contributed by atoms with van der Waals surface area (Å²) in [6, 6.07) is 9.28. The second-order valence-electron chi connectivity index (χ2n) is 5.38. The SMILES string of the molecule is C[C@@H]1CNCCCCN1Sc1ccc2cnccc2c1. The van der Waals surface area contributed by atoms with Gasteiger partial charge in [-0.1, -0.05) is 6.07 Å². The Balaban J connectivity index is 1.76. The lowest BCUT2D eigenvalue weighted by Gasteiger charge is -2.30. The van der Waals surface area contributed by atoms with E-state index < -0.39 is 0 Å². The molecular weight excluding hydrogens is 266 g/mol. The van der Waals surface area contributed by atoms with Crippen LogP contribution in [0, 0.1) is 0 Å². The van der Waals surface area contributed by atoms with Gasteiger partial charge in [0.1, 0.15) is 0 Å². The van der Waals surface area contributed by atoms with Crippen LogP contribution in [0.2, 0.25) is 0 Å². The van der Waals surface area contributed by atoms with Crippen LogP contribution in [0.5, 0.6) is 0 Å². The lowest BCUT2D eigenvalue weighted by molar-refractivity contribution is 0.327. The number of rotatable bonds is 2. The third-order valence-electron chi connectivity index (χ3n) is 3.75. The van der Waals surface area contributed by atoms with Crippen molar-refractivity contribution in [2.75, 3.05) is 19.6 Å². The van der Waals surface area contributed by atoms with Gasteiger partial charge in [-0.15, -0.1) is 0 Å². The molecule has 0 radical (unpaired) electrons. The van der Waals surface area contributed by atoms with Gasteiger partial charge in [-0.2, -0.15) is 0 Å². The van der Waals surface area contributed by atoms with Crippen molar-refractivity contribution in [2.24, 2.45) is 0 Å². The molecule has 1 fully saturated rings. The number of hydrogen-bond acceptors (Lipinski definition) is 4. The maximum absolute atomic E-state index is 4.17. The average molecular weight is 287 g/mol. The molecule has 20 heavy (non-hydrogen) atoms. The lowest BCUT2D eigenvalue weighted by atomic mass is 10.2. The fourth-order valence-electron chi connectivity index (χ4n) is 2.54. The molecule has 0 aliphatic carbocycles. The van der Waals surface area contributed by atoms with Crippen molar-refractivity contribution in [1.29, 1.82) is 0 Å². The molecule has 2 aromatic rings. The van der Waals surface area contributed by atoms with Crippen LogP contribution < -0.4 is 5.32 Å². The minimum atomic E-state index is 0.563. The summed E-state index contributed by atoms with van der Waals surface area (Å²) < 4.78 is 2.51. The monoisotopic (exact) mass is 287 g/mol. The number of nitrogens with one attached hydrogen (secondary N) is 1. The Bertz CT molecular complexity index is 572. The Labute approximate surface area is 124 Å². The molecule has 3 nitrogen and oxygen atoms in total. The van der Waals surface area contributed by atoms with Crippen molar-refractivity contribution in [3.8, 4) is 0 Å². The fourth-order valence-corrected chi connectivity index (χ4v) is 3.59. The van der Waals surface area contributed by atoms with Crippen LogP contribution in [0.1, 0.15) is 19.8 Å². The summed E-state index contributed by atoms with van der Waals surface area (Å²) in [5, 5.41) is 5.99. The smallest absolute Gasteiger partial charge is 0.0346 e. The zero-order valence-corrected chi connectivity index (χ0v) is 12.7. The zero-order valence-electron chi connectivity index (χ0n) is 11.9. The second-order valence-corrected chi connectivity index (χ2v) is 6.50. The Hall–Kier alpha value is -1.10. The van der Waals surface area contributed by atoms with E-state index in [9.17, 15) is 0 Å². The summed E-state index contributed by atoms with van der Waals surface area (Å²) in [7, 11) is 0. The number of nitrogens with zero attached hydrogens (tertiary/aromatic N) is 2. The van der Waals surface area contributed by atoms with Crippen molar-refractivity contribution in [3.63, 3.8) is 0 Å². The number of hydrogen-bond donors (Lipinski definition) is 1. The van der Waals surface area contributed by atoms with Gasteiger partial charge in [0.05, 0.1) is 0 Å². The maximum Gasteiger partial charge on any atom is 0.0346 e.